The van der Waals surface area contributed by atoms with Crippen LogP contribution >= 0.6 is 0 Å². The maximum Gasteiger partial charge on any atom is 0.407 e. The van der Waals surface area contributed by atoms with Gasteiger partial charge in [-0.1, -0.05) is 0 Å². The number of sulfonamides is 1. The quantitative estimate of drug-likeness (QED) is 0.584. The lowest BCUT2D eigenvalue weighted by Crippen LogP contribution is -2.48. The Kier molecular flexibility index (Phi) is 3.71. The Balaban J connectivity index is 2.42. The summed E-state index contributed by atoms with van der Waals surface area (Å²) in [5.74, 6) is 5.25. The molecule has 0 amide bonds. The minimum absolute atomic E-state index is 0.142. The lowest BCUT2D eigenvalue weighted by Gasteiger charge is -2.22. The van der Waals surface area contributed by atoms with Crippen molar-refractivity contribution in [3.63, 3.8) is 0 Å². The Morgan fingerprint density at radius 2 is 1.67 bits per heavy atom. The Labute approximate surface area is 120 Å². The van der Waals surface area contributed by atoms with E-state index in [1.165, 1.54) is 26.0 Å². The standard InChI is InChI=1S/C12H16F3N3O2S/c1-7-5-9(17-16)6-8(2)10(7)21(19,20)18-11(3-4-11)12(13,14)15/h5-6,17-18H,3-4,16H2,1-2H3. The Morgan fingerprint density at radius 1 is 1.19 bits per heavy atom. The van der Waals surface area contributed by atoms with Crippen molar-refractivity contribution in [2.75, 3.05) is 5.43 Å². The van der Waals surface area contributed by atoms with Gasteiger partial charge >= 0.3 is 6.18 Å². The van der Waals surface area contributed by atoms with Crippen LogP contribution in [0.1, 0.15) is 24.0 Å². The second kappa shape index (κ2) is 4.85. The first-order chi connectivity index (χ1) is 9.52. The largest absolute Gasteiger partial charge is 0.407 e. The number of hydrazine groups is 1. The molecule has 0 bridgehead atoms. The number of alkyl halides is 3. The third-order valence-electron chi connectivity index (χ3n) is 3.52. The summed E-state index contributed by atoms with van der Waals surface area (Å²) in [6.07, 6.45) is -5.08. The zero-order chi connectivity index (χ0) is 16.1. The maximum atomic E-state index is 12.9. The van der Waals surface area contributed by atoms with E-state index in [1.807, 2.05) is 4.72 Å². The van der Waals surface area contributed by atoms with Gasteiger partial charge in [-0.15, -0.1) is 0 Å². The Hall–Kier alpha value is -1.32. The van der Waals surface area contributed by atoms with Crippen LogP contribution in [0, 0.1) is 13.8 Å². The molecule has 0 spiro atoms. The SMILES string of the molecule is Cc1cc(NN)cc(C)c1S(=O)(=O)NC1(C(F)(F)F)CC1. The van der Waals surface area contributed by atoms with E-state index in [4.69, 9.17) is 5.84 Å². The highest BCUT2D eigenvalue weighted by Crippen LogP contribution is 2.50. The third-order valence-corrected chi connectivity index (χ3v) is 5.36. The van der Waals surface area contributed by atoms with Crippen molar-refractivity contribution in [1.29, 1.82) is 0 Å². The average molecular weight is 323 g/mol. The molecule has 1 aliphatic rings. The molecule has 5 nitrogen and oxygen atoms in total. The number of nitrogens with one attached hydrogen (secondary N) is 2. The van der Waals surface area contributed by atoms with E-state index in [0.717, 1.165) is 0 Å². The highest BCUT2D eigenvalue weighted by atomic mass is 32.2. The summed E-state index contributed by atoms with van der Waals surface area (Å²) in [6.45, 7) is 3.02. The molecule has 9 heteroatoms. The summed E-state index contributed by atoms with van der Waals surface area (Å²) in [6, 6.07) is 2.93. The highest BCUT2D eigenvalue weighted by molar-refractivity contribution is 7.89. The van der Waals surface area contributed by atoms with E-state index >= 15 is 0 Å². The molecule has 1 fully saturated rings. The van der Waals surface area contributed by atoms with E-state index in [1.54, 1.807) is 0 Å². The van der Waals surface area contributed by atoms with Gasteiger partial charge in [0.2, 0.25) is 10.0 Å². The minimum atomic E-state index is -4.60. The van der Waals surface area contributed by atoms with Gasteiger partial charge in [-0.05, 0) is 49.9 Å². The fraction of sp³-hybridized carbons (Fsp3) is 0.500. The van der Waals surface area contributed by atoms with Crippen LogP contribution in [-0.2, 0) is 10.0 Å². The first-order valence-electron chi connectivity index (χ1n) is 6.21. The first-order valence-corrected chi connectivity index (χ1v) is 7.69. The van der Waals surface area contributed by atoms with Gasteiger partial charge in [-0.3, -0.25) is 5.84 Å². The lowest BCUT2D eigenvalue weighted by atomic mass is 10.1. The fourth-order valence-electron chi connectivity index (χ4n) is 2.33. The summed E-state index contributed by atoms with van der Waals surface area (Å²) < 4.78 is 65.2. The highest BCUT2D eigenvalue weighted by Gasteiger charge is 2.65. The normalized spacial score (nSPS) is 17.6. The Bertz CT molecular complexity index is 644. The number of anilines is 1. The van der Waals surface area contributed by atoms with Crippen molar-refractivity contribution >= 4 is 15.7 Å². The van der Waals surface area contributed by atoms with Crippen LogP contribution in [0.2, 0.25) is 0 Å². The molecule has 1 saturated carbocycles. The first kappa shape index (κ1) is 16.1. The molecule has 1 aromatic rings. The van der Waals surface area contributed by atoms with Crippen LogP contribution in [0.25, 0.3) is 0 Å². The molecular formula is C12H16F3N3O2S. The van der Waals surface area contributed by atoms with Gasteiger partial charge in [-0.2, -0.15) is 17.9 Å². The van der Waals surface area contributed by atoms with Gasteiger partial charge in [0, 0.05) is 5.69 Å². The lowest BCUT2D eigenvalue weighted by molar-refractivity contribution is -0.160. The molecule has 4 N–H and O–H groups in total. The zero-order valence-electron chi connectivity index (χ0n) is 11.5. The predicted octanol–water partition coefficient (Wildman–Crippen LogP) is 1.96. The molecule has 21 heavy (non-hydrogen) atoms. The number of hydrogen-bond donors (Lipinski definition) is 3. The minimum Gasteiger partial charge on any atom is -0.324 e. The topological polar surface area (TPSA) is 84.2 Å². The van der Waals surface area contributed by atoms with Crippen LogP contribution in [0.15, 0.2) is 17.0 Å². The van der Waals surface area contributed by atoms with Crippen LogP contribution < -0.4 is 16.0 Å². The summed E-state index contributed by atoms with van der Waals surface area (Å²) >= 11 is 0. The monoisotopic (exact) mass is 323 g/mol. The molecule has 0 aromatic heterocycles. The molecule has 0 radical (unpaired) electrons. The van der Waals surface area contributed by atoms with Crippen molar-refractivity contribution in [3.05, 3.63) is 23.3 Å². The van der Waals surface area contributed by atoms with E-state index < -0.39 is 21.7 Å². The number of rotatable bonds is 4. The van der Waals surface area contributed by atoms with Crippen molar-refractivity contribution in [3.8, 4) is 0 Å². The van der Waals surface area contributed by atoms with Gasteiger partial charge in [0.15, 0.2) is 0 Å². The maximum absolute atomic E-state index is 12.9. The van der Waals surface area contributed by atoms with Crippen LogP contribution in [0.4, 0.5) is 18.9 Å². The molecule has 0 unspecified atom stereocenters. The summed E-state index contributed by atoms with van der Waals surface area (Å²) in [5, 5.41) is 0. The molecule has 2 rings (SSSR count). The smallest absolute Gasteiger partial charge is 0.324 e. The van der Waals surface area contributed by atoms with Crippen molar-refractivity contribution in [2.24, 2.45) is 5.84 Å². The Morgan fingerprint density at radius 3 is 2.00 bits per heavy atom. The van der Waals surface area contributed by atoms with Crippen LogP contribution in [0.3, 0.4) is 0 Å². The number of nitrogen functional groups attached to an aromatic ring is 1. The van der Waals surface area contributed by atoms with Crippen molar-refractivity contribution in [2.45, 2.75) is 43.3 Å². The molecule has 0 heterocycles. The summed E-state index contributed by atoms with van der Waals surface area (Å²) in [7, 11) is -4.26. The number of nitrogens with two attached hydrogens (primary N) is 1. The number of halogens is 3. The molecular weight excluding hydrogens is 307 g/mol. The second-order valence-corrected chi connectivity index (χ2v) is 6.89. The van der Waals surface area contributed by atoms with E-state index in [2.05, 4.69) is 5.43 Å². The molecule has 0 saturated heterocycles. The molecule has 0 atom stereocenters. The van der Waals surface area contributed by atoms with Gasteiger partial charge < -0.3 is 5.43 Å². The van der Waals surface area contributed by atoms with E-state index in [-0.39, 0.29) is 17.7 Å². The average Bonchev–Trinajstić information content (AvgIpc) is 3.06. The number of benzene rings is 1. The number of aryl methyl sites for hydroxylation is 2. The third kappa shape index (κ3) is 2.85. The predicted molar refractivity (Wildman–Crippen MR) is 72.1 cm³/mol. The van der Waals surface area contributed by atoms with Gasteiger partial charge in [0.1, 0.15) is 5.54 Å². The van der Waals surface area contributed by atoms with Gasteiger partial charge in [0.05, 0.1) is 4.90 Å². The van der Waals surface area contributed by atoms with Crippen LogP contribution in [-0.4, -0.2) is 20.1 Å². The zero-order valence-corrected chi connectivity index (χ0v) is 12.3. The van der Waals surface area contributed by atoms with Gasteiger partial charge in [-0.25, -0.2) is 8.42 Å². The van der Waals surface area contributed by atoms with E-state index in [9.17, 15) is 21.6 Å². The fourth-order valence-corrected chi connectivity index (χ4v) is 4.24. The van der Waals surface area contributed by atoms with Crippen molar-refractivity contribution < 1.29 is 21.6 Å². The van der Waals surface area contributed by atoms with E-state index in [0.29, 0.717) is 16.8 Å². The van der Waals surface area contributed by atoms with Crippen molar-refractivity contribution in [1.82, 2.24) is 4.72 Å². The molecule has 0 aliphatic heterocycles. The summed E-state index contributed by atoms with van der Waals surface area (Å²) in [5.41, 5.74) is 1.19. The number of hydrogen-bond acceptors (Lipinski definition) is 4. The molecule has 1 aliphatic carbocycles. The molecule has 118 valence electrons. The summed E-state index contributed by atoms with van der Waals surface area (Å²) in [4.78, 5) is -0.142. The van der Waals surface area contributed by atoms with Crippen LogP contribution in [0.5, 0.6) is 0 Å². The van der Waals surface area contributed by atoms with Gasteiger partial charge in [0.25, 0.3) is 0 Å². The molecule has 1 aromatic carbocycles. The second-order valence-electron chi connectivity index (χ2n) is 5.27.